The first-order valence-electron chi connectivity index (χ1n) is 8.03. The SMILES string of the molecule is COC(=O)c1ccc(C(C)Sc2nc3ccccc3c3nc(C)nn23)o1. The van der Waals surface area contributed by atoms with Gasteiger partial charge in [-0.3, -0.25) is 0 Å². The molecule has 0 aliphatic carbocycles. The molecule has 0 bridgehead atoms. The number of methoxy groups -OCH3 is 1. The van der Waals surface area contributed by atoms with E-state index in [-0.39, 0.29) is 11.0 Å². The molecule has 0 amide bonds. The van der Waals surface area contributed by atoms with Crippen LogP contribution in [0.25, 0.3) is 16.6 Å². The molecule has 4 rings (SSSR count). The third-order valence-electron chi connectivity index (χ3n) is 3.95. The molecule has 0 aliphatic rings. The van der Waals surface area contributed by atoms with Crippen molar-refractivity contribution in [1.82, 2.24) is 19.6 Å². The van der Waals surface area contributed by atoms with Crippen LogP contribution in [-0.4, -0.2) is 32.7 Å². The monoisotopic (exact) mass is 368 g/mol. The summed E-state index contributed by atoms with van der Waals surface area (Å²) in [6.07, 6.45) is 0. The summed E-state index contributed by atoms with van der Waals surface area (Å²) in [4.78, 5) is 20.8. The van der Waals surface area contributed by atoms with Crippen molar-refractivity contribution in [3.05, 3.63) is 53.7 Å². The van der Waals surface area contributed by atoms with Gasteiger partial charge in [-0.25, -0.2) is 14.8 Å². The summed E-state index contributed by atoms with van der Waals surface area (Å²) in [5, 5.41) is 6.07. The molecular weight excluding hydrogens is 352 g/mol. The fraction of sp³-hybridized carbons (Fsp3) is 0.222. The van der Waals surface area contributed by atoms with Gasteiger partial charge in [0.1, 0.15) is 11.6 Å². The van der Waals surface area contributed by atoms with Crippen LogP contribution < -0.4 is 0 Å². The fourth-order valence-electron chi connectivity index (χ4n) is 2.71. The predicted octanol–water partition coefficient (Wildman–Crippen LogP) is 3.82. The van der Waals surface area contributed by atoms with Crippen LogP contribution in [0.3, 0.4) is 0 Å². The number of carbonyl (C=O) groups is 1. The molecule has 0 radical (unpaired) electrons. The Hall–Kier alpha value is -2.87. The second kappa shape index (κ2) is 6.45. The Balaban J connectivity index is 1.74. The minimum absolute atomic E-state index is 0.0743. The number of nitrogens with zero attached hydrogens (tertiary/aromatic N) is 4. The van der Waals surface area contributed by atoms with Crippen LogP contribution in [0.4, 0.5) is 0 Å². The summed E-state index contributed by atoms with van der Waals surface area (Å²) < 4.78 is 12.0. The highest BCUT2D eigenvalue weighted by molar-refractivity contribution is 7.99. The van der Waals surface area contributed by atoms with Crippen molar-refractivity contribution in [3.8, 4) is 0 Å². The Morgan fingerprint density at radius 3 is 2.85 bits per heavy atom. The van der Waals surface area contributed by atoms with Gasteiger partial charge in [0.25, 0.3) is 0 Å². The molecule has 0 aliphatic heterocycles. The van der Waals surface area contributed by atoms with Crippen LogP contribution in [-0.2, 0) is 4.74 Å². The van der Waals surface area contributed by atoms with Crippen LogP contribution in [0.2, 0.25) is 0 Å². The molecule has 0 saturated carbocycles. The van der Waals surface area contributed by atoms with E-state index in [1.165, 1.54) is 18.9 Å². The van der Waals surface area contributed by atoms with Gasteiger partial charge in [0.05, 0.1) is 17.9 Å². The first-order valence-corrected chi connectivity index (χ1v) is 8.91. The van der Waals surface area contributed by atoms with Gasteiger partial charge in [0.2, 0.25) is 5.76 Å². The first kappa shape index (κ1) is 16.6. The molecule has 0 N–H and O–H groups in total. The molecular formula is C18H16N4O3S. The van der Waals surface area contributed by atoms with Crippen molar-refractivity contribution < 1.29 is 13.9 Å². The maximum Gasteiger partial charge on any atom is 0.373 e. The summed E-state index contributed by atoms with van der Waals surface area (Å²) in [6.45, 7) is 3.84. The predicted molar refractivity (Wildman–Crippen MR) is 97.3 cm³/mol. The summed E-state index contributed by atoms with van der Waals surface area (Å²) in [5.74, 6) is 1.04. The molecule has 132 valence electrons. The number of fused-ring (bicyclic) bond motifs is 3. The van der Waals surface area contributed by atoms with Crippen LogP contribution >= 0.6 is 11.8 Å². The first-order chi connectivity index (χ1) is 12.6. The molecule has 4 aromatic rings. The average Bonchev–Trinajstić information content (AvgIpc) is 3.28. The molecule has 3 aromatic heterocycles. The second-order valence-corrected chi connectivity index (χ2v) is 7.07. The molecule has 1 unspecified atom stereocenters. The maximum absolute atomic E-state index is 11.6. The van der Waals surface area contributed by atoms with E-state index in [4.69, 9.17) is 9.40 Å². The van der Waals surface area contributed by atoms with Gasteiger partial charge >= 0.3 is 5.97 Å². The zero-order valence-electron chi connectivity index (χ0n) is 14.5. The highest BCUT2D eigenvalue weighted by atomic mass is 32.2. The van der Waals surface area contributed by atoms with Gasteiger partial charge in [-0.1, -0.05) is 23.9 Å². The number of hydrogen-bond acceptors (Lipinski definition) is 7. The fourth-order valence-corrected chi connectivity index (χ4v) is 3.64. The van der Waals surface area contributed by atoms with Crippen LogP contribution in [0, 0.1) is 6.92 Å². The minimum Gasteiger partial charge on any atom is -0.463 e. The van der Waals surface area contributed by atoms with E-state index in [1.807, 2.05) is 38.1 Å². The lowest BCUT2D eigenvalue weighted by molar-refractivity contribution is 0.0563. The Labute approximate surface area is 153 Å². The second-order valence-electron chi connectivity index (χ2n) is 5.76. The number of furan rings is 1. The number of esters is 1. The largest absolute Gasteiger partial charge is 0.463 e. The number of aryl methyl sites for hydroxylation is 1. The summed E-state index contributed by atoms with van der Waals surface area (Å²) in [6, 6.07) is 11.2. The Kier molecular flexibility index (Phi) is 4.12. The lowest BCUT2D eigenvalue weighted by Gasteiger charge is -2.10. The molecule has 8 heteroatoms. The normalized spacial score (nSPS) is 12.6. The van der Waals surface area contributed by atoms with Gasteiger partial charge in [0, 0.05) is 5.39 Å². The van der Waals surface area contributed by atoms with E-state index in [0.717, 1.165) is 16.6 Å². The van der Waals surface area contributed by atoms with E-state index in [0.29, 0.717) is 16.7 Å². The van der Waals surface area contributed by atoms with Crippen molar-refractivity contribution in [2.75, 3.05) is 7.11 Å². The lowest BCUT2D eigenvalue weighted by atomic mass is 10.2. The van der Waals surface area contributed by atoms with Crippen molar-refractivity contribution in [2.24, 2.45) is 0 Å². The summed E-state index contributed by atoms with van der Waals surface area (Å²) >= 11 is 1.49. The third-order valence-corrected chi connectivity index (χ3v) is 5.01. The number of aromatic nitrogens is 4. The van der Waals surface area contributed by atoms with E-state index in [2.05, 4.69) is 14.8 Å². The molecule has 0 spiro atoms. The number of hydrogen-bond donors (Lipinski definition) is 0. The number of para-hydroxylation sites is 1. The molecule has 3 heterocycles. The van der Waals surface area contributed by atoms with E-state index >= 15 is 0 Å². The standard InChI is InChI=1S/C18H16N4O3S/c1-10(14-8-9-15(25-14)17(23)24-3)26-18-20-13-7-5-4-6-12(13)16-19-11(2)21-22(16)18/h4-10H,1-3H3. The third kappa shape index (κ3) is 2.82. The van der Waals surface area contributed by atoms with E-state index in [1.54, 1.807) is 16.6 Å². The van der Waals surface area contributed by atoms with E-state index in [9.17, 15) is 4.79 Å². The Bertz CT molecular complexity index is 1120. The van der Waals surface area contributed by atoms with Crippen molar-refractivity contribution in [3.63, 3.8) is 0 Å². The van der Waals surface area contributed by atoms with Gasteiger partial charge in [0.15, 0.2) is 10.8 Å². The molecule has 1 atom stereocenters. The highest BCUT2D eigenvalue weighted by Crippen LogP contribution is 2.36. The van der Waals surface area contributed by atoms with Crippen molar-refractivity contribution >= 4 is 34.3 Å². The van der Waals surface area contributed by atoms with E-state index < -0.39 is 5.97 Å². The number of ether oxygens (including phenoxy) is 1. The van der Waals surface area contributed by atoms with Crippen molar-refractivity contribution in [1.29, 1.82) is 0 Å². The molecule has 0 saturated heterocycles. The van der Waals surface area contributed by atoms with Crippen LogP contribution in [0.5, 0.6) is 0 Å². The Morgan fingerprint density at radius 1 is 1.23 bits per heavy atom. The number of thioether (sulfide) groups is 1. The molecule has 1 aromatic carbocycles. The lowest BCUT2D eigenvalue weighted by Crippen LogP contribution is -2.00. The highest BCUT2D eigenvalue weighted by Gasteiger charge is 2.20. The zero-order valence-corrected chi connectivity index (χ0v) is 15.3. The number of carbonyl (C=O) groups excluding carboxylic acids is 1. The average molecular weight is 368 g/mol. The smallest absolute Gasteiger partial charge is 0.373 e. The summed E-state index contributed by atoms with van der Waals surface area (Å²) in [7, 11) is 1.32. The Morgan fingerprint density at radius 2 is 2.04 bits per heavy atom. The van der Waals surface area contributed by atoms with Gasteiger partial charge in [-0.05, 0) is 38.1 Å². The van der Waals surface area contributed by atoms with Gasteiger partial charge in [-0.15, -0.1) is 5.10 Å². The maximum atomic E-state index is 11.6. The van der Waals surface area contributed by atoms with Crippen molar-refractivity contribution in [2.45, 2.75) is 24.3 Å². The quantitative estimate of drug-likeness (QED) is 0.308. The number of benzene rings is 1. The molecule has 0 fully saturated rings. The molecule has 7 nitrogen and oxygen atoms in total. The molecule has 26 heavy (non-hydrogen) atoms. The van der Waals surface area contributed by atoms with Gasteiger partial charge in [-0.2, -0.15) is 4.52 Å². The number of rotatable bonds is 4. The van der Waals surface area contributed by atoms with Gasteiger partial charge < -0.3 is 9.15 Å². The zero-order chi connectivity index (χ0) is 18.3. The van der Waals surface area contributed by atoms with Crippen LogP contribution in [0.15, 0.2) is 46.0 Å². The minimum atomic E-state index is -0.494. The van der Waals surface area contributed by atoms with Crippen LogP contribution in [0.1, 0.15) is 34.3 Å². The topological polar surface area (TPSA) is 82.5 Å². The summed E-state index contributed by atoms with van der Waals surface area (Å²) in [5.41, 5.74) is 1.63.